The molecule has 0 spiro atoms. The van der Waals surface area contributed by atoms with E-state index in [1.807, 2.05) is 0 Å². The molecule has 64 valence electrons. The van der Waals surface area contributed by atoms with Crippen LogP contribution in [0.5, 0.6) is 11.5 Å². The molecule has 0 atom stereocenters. The average molecular weight is 167 g/mol. The highest BCUT2D eigenvalue weighted by Gasteiger charge is 2.02. The minimum atomic E-state index is 0.326. The fourth-order valence-corrected chi connectivity index (χ4v) is 0.837. The maximum absolute atomic E-state index is 10.0. The number of carbonyl (C=O) groups is 1. The van der Waals surface area contributed by atoms with E-state index in [0.717, 1.165) is 0 Å². The molecular formula is C8H9NO3. The van der Waals surface area contributed by atoms with Crippen molar-refractivity contribution in [3.63, 3.8) is 0 Å². The minimum Gasteiger partial charge on any atom is -0.493 e. The molecule has 4 heteroatoms. The highest BCUT2D eigenvalue weighted by Crippen LogP contribution is 2.28. The topological polar surface area (TPSA) is 61.6 Å². The molecule has 2 N–H and O–H groups in total. The fraction of sp³-hybridized carbons (Fsp3) is 0.125. The molecule has 1 rings (SSSR count). The van der Waals surface area contributed by atoms with E-state index in [1.54, 1.807) is 12.1 Å². The number of hydrogen-bond donors (Lipinski definition) is 1. The smallest absolute Gasteiger partial charge is 0.298 e. The third-order valence-electron chi connectivity index (χ3n) is 1.36. The average Bonchev–Trinajstić information content (AvgIpc) is 2.05. The molecule has 0 saturated heterocycles. The highest BCUT2D eigenvalue weighted by atomic mass is 16.5. The van der Waals surface area contributed by atoms with Gasteiger partial charge in [0.05, 0.1) is 7.11 Å². The normalized spacial score (nSPS) is 9.08. The zero-order valence-corrected chi connectivity index (χ0v) is 6.61. The number of methoxy groups -OCH3 is 1. The number of rotatable bonds is 3. The molecule has 0 aliphatic rings. The Morgan fingerprint density at radius 2 is 2.17 bits per heavy atom. The summed E-state index contributed by atoms with van der Waals surface area (Å²) in [6, 6.07) is 4.82. The fourth-order valence-electron chi connectivity index (χ4n) is 0.837. The maximum atomic E-state index is 10.0. The van der Waals surface area contributed by atoms with Crippen LogP contribution in [0.3, 0.4) is 0 Å². The molecule has 0 bridgehead atoms. The van der Waals surface area contributed by atoms with E-state index in [1.165, 1.54) is 13.2 Å². The molecule has 0 amide bonds. The van der Waals surface area contributed by atoms with E-state index in [9.17, 15) is 4.79 Å². The van der Waals surface area contributed by atoms with Crippen LogP contribution in [0.25, 0.3) is 0 Å². The summed E-state index contributed by atoms with van der Waals surface area (Å²) < 4.78 is 9.54. The predicted molar refractivity (Wildman–Crippen MR) is 44.1 cm³/mol. The van der Waals surface area contributed by atoms with E-state index in [4.69, 9.17) is 10.5 Å². The van der Waals surface area contributed by atoms with Crippen LogP contribution in [0, 0.1) is 0 Å². The van der Waals surface area contributed by atoms with Crippen LogP contribution in [0.2, 0.25) is 0 Å². The van der Waals surface area contributed by atoms with E-state index in [0.29, 0.717) is 23.7 Å². The summed E-state index contributed by atoms with van der Waals surface area (Å²) in [5, 5.41) is 0. The highest BCUT2D eigenvalue weighted by molar-refractivity contribution is 5.56. The first-order valence-corrected chi connectivity index (χ1v) is 3.31. The van der Waals surface area contributed by atoms with Crippen molar-refractivity contribution in [2.45, 2.75) is 0 Å². The van der Waals surface area contributed by atoms with Gasteiger partial charge in [-0.05, 0) is 12.1 Å². The van der Waals surface area contributed by atoms with Crippen molar-refractivity contribution in [1.29, 1.82) is 0 Å². The Morgan fingerprint density at radius 1 is 1.42 bits per heavy atom. The molecule has 0 unspecified atom stereocenters. The Hall–Kier alpha value is -1.71. The van der Waals surface area contributed by atoms with Gasteiger partial charge in [0, 0.05) is 11.8 Å². The lowest BCUT2D eigenvalue weighted by Crippen LogP contribution is -1.94. The zero-order chi connectivity index (χ0) is 8.97. The van der Waals surface area contributed by atoms with Crippen molar-refractivity contribution >= 4 is 12.2 Å². The summed E-state index contributed by atoms with van der Waals surface area (Å²) in [6.45, 7) is 0.331. The SMILES string of the molecule is COc1ccc(N)cc1OC=O. The van der Waals surface area contributed by atoms with Gasteiger partial charge in [0.1, 0.15) is 0 Å². The lowest BCUT2D eigenvalue weighted by atomic mass is 10.3. The number of ether oxygens (including phenoxy) is 2. The molecule has 4 nitrogen and oxygen atoms in total. The molecule has 0 saturated carbocycles. The van der Waals surface area contributed by atoms with Gasteiger partial charge in [-0.15, -0.1) is 0 Å². The standard InChI is InChI=1S/C8H9NO3/c1-11-7-3-2-6(9)4-8(7)12-5-10/h2-5H,9H2,1H3. The van der Waals surface area contributed by atoms with Crippen LogP contribution in [0.1, 0.15) is 0 Å². The molecule has 0 radical (unpaired) electrons. The second kappa shape index (κ2) is 3.61. The third kappa shape index (κ3) is 1.66. The second-order valence-electron chi connectivity index (χ2n) is 2.12. The first kappa shape index (κ1) is 8.39. The van der Waals surface area contributed by atoms with Gasteiger partial charge >= 0.3 is 0 Å². The number of anilines is 1. The van der Waals surface area contributed by atoms with Crippen molar-refractivity contribution in [3.8, 4) is 11.5 Å². The van der Waals surface area contributed by atoms with Crippen molar-refractivity contribution in [2.24, 2.45) is 0 Å². The minimum absolute atomic E-state index is 0.326. The Bertz CT molecular complexity index is 286. The van der Waals surface area contributed by atoms with Crippen LogP contribution in [0.4, 0.5) is 5.69 Å². The molecule has 1 aromatic rings. The number of nitrogen functional groups attached to an aromatic ring is 1. The van der Waals surface area contributed by atoms with Crippen molar-refractivity contribution in [3.05, 3.63) is 18.2 Å². The number of nitrogens with two attached hydrogens (primary N) is 1. The van der Waals surface area contributed by atoms with E-state index in [-0.39, 0.29) is 0 Å². The number of benzene rings is 1. The molecule has 1 aromatic carbocycles. The maximum Gasteiger partial charge on any atom is 0.298 e. The lowest BCUT2D eigenvalue weighted by Gasteiger charge is -2.05. The van der Waals surface area contributed by atoms with Crippen LogP contribution in [0.15, 0.2) is 18.2 Å². The third-order valence-corrected chi connectivity index (χ3v) is 1.36. The summed E-state index contributed by atoms with van der Waals surface area (Å²) >= 11 is 0. The molecule has 0 aliphatic carbocycles. The Morgan fingerprint density at radius 3 is 2.75 bits per heavy atom. The van der Waals surface area contributed by atoms with Gasteiger partial charge in [0.2, 0.25) is 0 Å². The Labute approximate surface area is 69.9 Å². The van der Waals surface area contributed by atoms with Crippen LogP contribution in [-0.2, 0) is 4.79 Å². The van der Waals surface area contributed by atoms with Crippen molar-refractivity contribution in [2.75, 3.05) is 12.8 Å². The van der Waals surface area contributed by atoms with Crippen LogP contribution in [-0.4, -0.2) is 13.6 Å². The monoisotopic (exact) mass is 167 g/mol. The van der Waals surface area contributed by atoms with E-state index < -0.39 is 0 Å². The summed E-state index contributed by atoms with van der Waals surface area (Å²) in [5.74, 6) is 0.809. The molecule has 12 heavy (non-hydrogen) atoms. The summed E-state index contributed by atoms with van der Waals surface area (Å²) in [7, 11) is 1.49. The largest absolute Gasteiger partial charge is 0.493 e. The zero-order valence-electron chi connectivity index (χ0n) is 6.61. The van der Waals surface area contributed by atoms with E-state index >= 15 is 0 Å². The quantitative estimate of drug-likeness (QED) is 0.534. The number of carbonyl (C=O) groups excluding carboxylic acids is 1. The van der Waals surface area contributed by atoms with Crippen molar-refractivity contribution < 1.29 is 14.3 Å². The predicted octanol–water partition coefficient (Wildman–Crippen LogP) is 0.813. The van der Waals surface area contributed by atoms with Gasteiger partial charge in [-0.1, -0.05) is 0 Å². The molecule has 0 aliphatic heterocycles. The van der Waals surface area contributed by atoms with Gasteiger partial charge in [0.15, 0.2) is 11.5 Å². The molecular weight excluding hydrogens is 158 g/mol. The Kier molecular flexibility index (Phi) is 2.53. The van der Waals surface area contributed by atoms with Gasteiger partial charge < -0.3 is 15.2 Å². The molecule has 0 heterocycles. The van der Waals surface area contributed by atoms with Gasteiger partial charge in [-0.3, -0.25) is 4.79 Å². The first-order valence-electron chi connectivity index (χ1n) is 3.31. The molecule has 0 aromatic heterocycles. The lowest BCUT2D eigenvalue weighted by molar-refractivity contribution is -0.120. The Balaban J connectivity index is 3.03. The van der Waals surface area contributed by atoms with Crippen LogP contribution < -0.4 is 15.2 Å². The van der Waals surface area contributed by atoms with Crippen LogP contribution >= 0.6 is 0 Å². The van der Waals surface area contributed by atoms with E-state index in [2.05, 4.69) is 4.74 Å². The van der Waals surface area contributed by atoms with Gasteiger partial charge in [0.25, 0.3) is 6.47 Å². The van der Waals surface area contributed by atoms with Crippen molar-refractivity contribution in [1.82, 2.24) is 0 Å². The first-order chi connectivity index (χ1) is 5.77. The number of hydrogen-bond acceptors (Lipinski definition) is 4. The second-order valence-corrected chi connectivity index (χ2v) is 2.12. The summed E-state index contributed by atoms with van der Waals surface area (Å²) in [6.07, 6.45) is 0. The van der Waals surface area contributed by atoms with Gasteiger partial charge in [-0.2, -0.15) is 0 Å². The van der Waals surface area contributed by atoms with Gasteiger partial charge in [-0.25, -0.2) is 0 Å². The molecule has 0 fully saturated rings. The summed E-state index contributed by atoms with van der Waals surface area (Å²) in [4.78, 5) is 10.0. The summed E-state index contributed by atoms with van der Waals surface area (Å²) in [5.41, 5.74) is 5.98.